The third kappa shape index (κ3) is 4.22. The lowest BCUT2D eigenvalue weighted by Gasteiger charge is -2.18. The van der Waals surface area contributed by atoms with E-state index in [1.54, 1.807) is 6.07 Å². The molecule has 0 fully saturated rings. The van der Waals surface area contributed by atoms with Gasteiger partial charge < -0.3 is 0 Å². The number of carbonyl (C=O) groups excluding carboxylic acids is 1. The molecule has 15 heavy (non-hydrogen) atoms. The van der Waals surface area contributed by atoms with Crippen LogP contribution < -0.4 is 5.48 Å². The molecule has 0 atom stereocenters. The minimum Gasteiger partial charge on any atom is -0.268 e. The van der Waals surface area contributed by atoms with Gasteiger partial charge in [0, 0.05) is 0 Å². The molecule has 0 spiro atoms. The van der Waals surface area contributed by atoms with Crippen LogP contribution in [0.5, 0.6) is 0 Å². The van der Waals surface area contributed by atoms with Crippen molar-refractivity contribution in [1.82, 2.24) is 5.48 Å². The van der Waals surface area contributed by atoms with Gasteiger partial charge in [0.1, 0.15) is 0 Å². The Morgan fingerprint density at radius 3 is 2.47 bits per heavy atom. The summed E-state index contributed by atoms with van der Waals surface area (Å²) in [4.78, 5) is 16.8. The molecule has 1 aromatic rings. The van der Waals surface area contributed by atoms with E-state index in [4.69, 9.17) is 4.84 Å². The van der Waals surface area contributed by atoms with Crippen molar-refractivity contribution < 1.29 is 9.63 Å². The Morgan fingerprint density at radius 2 is 2.07 bits per heavy atom. The number of hydrogen-bond acceptors (Lipinski definition) is 3. The van der Waals surface area contributed by atoms with Crippen molar-refractivity contribution in [2.24, 2.45) is 0 Å². The van der Waals surface area contributed by atoms with Gasteiger partial charge in [-0.05, 0) is 58.7 Å². The van der Waals surface area contributed by atoms with Crippen molar-refractivity contribution in [1.29, 1.82) is 0 Å². The average molecular weight is 357 g/mol. The second-order valence-corrected chi connectivity index (χ2v) is 7.63. The van der Waals surface area contributed by atoms with E-state index in [0.717, 1.165) is 7.57 Å². The predicted molar refractivity (Wildman–Crippen MR) is 68.0 cm³/mol. The Labute approximate surface area is 109 Å². The second kappa shape index (κ2) is 4.95. The van der Waals surface area contributed by atoms with E-state index in [-0.39, 0.29) is 5.91 Å². The lowest BCUT2D eigenvalue weighted by atomic mass is 10.2. The molecule has 1 N–H and O–H groups in total. The zero-order chi connectivity index (χ0) is 11.6. The molecule has 1 rings (SSSR count). The molecule has 0 aliphatic heterocycles. The van der Waals surface area contributed by atoms with Crippen LogP contribution in [0.3, 0.4) is 0 Å². The molecule has 84 valence electrons. The normalized spacial score (nSPS) is 11.5. The third-order valence-corrected chi connectivity index (χ3v) is 3.69. The van der Waals surface area contributed by atoms with Crippen LogP contribution in [0, 0.1) is 0 Å². The first-order valence-electron chi connectivity index (χ1n) is 4.23. The first-order chi connectivity index (χ1) is 6.79. The summed E-state index contributed by atoms with van der Waals surface area (Å²) in [7, 11) is 0. The maximum atomic E-state index is 11.6. The lowest BCUT2D eigenvalue weighted by Crippen LogP contribution is -2.33. The molecule has 6 heteroatoms. The summed E-state index contributed by atoms with van der Waals surface area (Å²) in [6, 6.07) is 1.75. The van der Waals surface area contributed by atoms with Gasteiger partial charge in [-0.2, -0.15) is 0 Å². The number of hydroxylamine groups is 1. The van der Waals surface area contributed by atoms with Gasteiger partial charge in [0.05, 0.1) is 18.7 Å². The fraction of sp³-hybridized carbons (Fsp3) is 0.444. The first kappa shape index (κ1) is 13.2. The fourth-order valence-electron chi connectivity index (χ4n) is 0.749. The topological polar surface area (TPSA) is 38.3 Å². The molecule has 0 aliphatic carbocycles. The van der Waals surface area contributed by atoms with E-state index in [9.17, 15) is 4.79 Å². The van der Waals surface area contributed by atoms with E-state index < -0.39 is 5.60 Å². The van der Waals surface area contributed by atoms with Crippen LogP contribution in [0.2, 0.25) is 0 Å². The van der Waals surface area contributed by atoms with Crippen molar-refractivity contribution in [2.45, 2.75) is 26.4 Å². The van der Waals surface area contributed by atoms with Gasteiger partial charge in [-0.3, -0.25) is 9.63 Å². The summed E-state index contributed by atoms with van der Waals surface area (Å²) in [6.07, 6.45) is 0. The highest BCUT2D eigenvalue weighted by molar-refractivity contribution is 9.12. The van der Waals surface area contributed by atoms with Gasteiger partial charge in [-0.1, -0.05) is 0 Å². The van der Waals surface area contributed by atoms with Gasteiger partial charge in [0.25, 0.3) is 5.91 Å². The molecule has 1 aromatic heterocycles. The SMILES string of the molecule is CC(C)(C)ONC(=O)c1cc(Br)sc1Br. The number of nitrogens with one attached hydrogen (secondary N) is 1. The smallest absolute Gasteiger partial charge is 0.268 e. The molecule has 0 aliphatic rings. The van der Waals surface area contributed by atoms with Crippen molar-refractivity contribution in [3.63, 3.8) is 0 Å². The van der Waals surface area contributed by atoms with E-state index in [1.807, 2.05) is 20.8 Å². The standard InChI is InChI=1S/C9H11Br2NO2S/c1-9(2,3)14-12-8(13)5-4-6(10)15-7(5)11/h4H,1-3H3,(H,12,13). The van der Waals surface area contributed by atoms with Crippen LogP contribution in [0.4, 0.5) is 0 Å². The van der Waals surface area contributed by atoms with E-state index in [1.165, 1.54) is 11.3 Å². The molecule has 3 nitrogen and oxygen atoms in total. The second-order valence-electron chi connectivity index (χ2n) is 3.88. The first-order valence-corrected chi connectivity index (χ1v) is 6.63. The summed E-state index contributed by atoms with van der Waals surface area (Å²) in [5, 5.41) is 0. The molecular weight excluding hydrogens is 346 g/mol. The van der Waals surface area contributed by atoms with Crippen molar-refractivity contribution >= 4 is 49.1 Å². The van der Waals surface area contributed by atoms with Crippen molar-refractivity contribution in [2.75, 3.05) is 0 Å². The predicted octanol–water partition coefficient (Wildman–Crippen LogP) is 3.73. The Hall–Kier alpha value is 0.0900. The molecule has 0 unspecified atom stereocenters. The number of thiophene rings is 1. The Balaban J connectivity index is 2.66. The van der Waals surface area contributed by atoms with E-state index in [2.05, 4.69) is 37.3 Å². The summed E-state index contributed by atoms with van der Waals surface area (Å²) in [6.45, 7) is 5.60. The van der Waals surface area contributed by atoms with Crippen LogP contribution in [-0.2, 0) is 4.84 Å². The third-order valence-electron chi connectivity index (χ3n) is 1.35. The molecule has 0 saturated heterocycles. The molecule has 0 saturated carbocycles. The largest absolute Gasteiger partial charge is 0.276 e. The average Bonchev–Trinajstić information content (AvgIpc) is 2.40. The monoisotopic (exact) mass is 355 g/mol. The Bertz CT molecular complexity index is 371. The highest BCUT2D eigenvalue weighted by Gasteiger charge is 2.17. The van der Waals surface area contributed by atoms with E-state index >= 15 is 0 Å². The van der Waals surface area contributed by atoms with Crippen LogP contribution >= 0.6 is 43.2 Å². The molecular formula is C9H11Br2NO2S. The van der Waals surface area contributed by atoms with Gasteiger partial charge in [0.2, 0.25) is 0 Å². The zero-order valence-electron chi connectivity index (χ0n) is 8.56. The minimum absolute atomic E-state index is 0.251. The molecule has 1 heterocycles. The zero-order valence-corrected chi connectivity index (χ0v) is 12.5. The molecule has 0 aromatic carbocycles. The molecule has 0 radical (unpaired) electrons. The summed E-state index contributed by atoms with van der Waals surface area (Å²) in [5.74, 6) is -0.251. The lowest BCUT2D eigenvalue weighted by molar-refractivity contribution is -0.0589. The number of amides is 1. The van der Waals surface area contributed by atoms with Crippen LogP contribution in [0.15, 0.2) is 13.6 Å². The summed E-state index contributed by atoms with van der Waals surface area (Å²) >= 11 is 8.07. The minimum atomic E-state index is -0.393. The number of hydrogen-bond donors (Lipinski definition) is 1. The number of rotatable bonds is 2. The van der Waals surface area contributed by atoms with Crippen molar-refractivity contribution in [3.8, 4) is 0 Å². The Kier molecular flexibility index (Phi) is 4.34. The van der Waals surface area contributed by atoms with E-state index in [0.29, 0.717) is 5.56 Å². The van der Waals surface area contributed by atoms with Gasteiger partial charge in [0.15, 0.2) is 0 Å². The highest BCUT2D eigenvalue weighted by Crippen LogP contribution is 2.31. The molecule has 1 amide bonds. The van der Waals surface area contributed by atoms with Crippen LogP contribution in [-0.4, -0.2) is 11.5 Å². The van der Waals surface area contributed by atoms with Gasteiger partial charge >= 0.3 is 0 Å². The maximum Gasteiger partial charge on any atom is 0.276 e. The van der Waals surface area contributed by atoms with Crippen LogP contribution in [0.25, 0.3) is 0 Å². The molecule has 0 bridgehead atoms. The maximum absolute atomic E-state index is 11.6. The van der Waals surface area contributed by atoms with Gasteiger partial charge in [-0.25, -0.2) is 5.48 Å². The highest BCUT2D eigenvalue weighted by atomic mass is 79.9. The van der Waals surface area contributed by atoms with Gasteiger partial charge in [-0.15, -0.1) is 11.3 Å². The summed E-state index contributed by atoms with van der Waals surface area (Å²) < 4.78 is 1.68. The Morgan fingerprint density at radius 1 is 1.47 bits per heavy atom. The quantitative estimate of drug-likeness (QED) is 0.820. The number of carbonyl (C=O) groups is 1. The summed E-state index contributed by atoms with van der Waals surface area (Å²) in [5.41, 5.74) is 2.58. The fourth-order valence-corrected chi connectivity index (χ4v) is 3.54. The number of halogens is 2. The van der Waals surface area contributed by atoms with Crippen molar-refractivity contribution in [3.05, 3.63) is 19.2 Å². The van der Waals surface area contributed by atoms with Crippen LogP contribution in [0.1, 0.15) is 31.1 Å².